The van der Waals surface area contributed by atoms with E-state index in [4.69, 9.17) is 14.2 Å². The van der Waals surface area contributed by atoms with Crippen molar-refractivity contribution in [2.45, 2.75) is 43.6 Å². The first-order valence-electron chi connectivity index (χ1n) is 11.8. The molecule has 184 valence electrons. The number of alkyl carbamates (subject to hydrolysis) is 1. The SMILES string of the molecule is CC1OCCN(C(=O)[C@@H]2OCC[C@@H]2NC(=O)OCC2c3ccccc3-c3ccccc32)C1C(=O)O. The fourth-order valence-corrected chi connectivity index (χ4v) is 5.34. The Balaban J connectivity index is 1.23. The number of carbonyl (C=O) groups is 3. The molecule has 3 aliphatic rings. The standard InChI is InChI=1S/C26H28N2O7/c1-15-22(25(30)31)28(11-13-33-15)24(29)23-21(10-12-34-23)27-26(32)35-14-20-18-8-4-2-6-16(18)17-7-3-5-9-19(17)20/h2-9,15,20-23H,10-14H2,1H3,(H,27,32)(H,30,31)/t15?,21-,22?,23+/m0/s1. The van der Waals surface area contributed by atoms with Gasteiger partial charge in [-0.15, -0.1) is 0 Å². The van der Waals surface area contributed by atoms with Crippen LogP contribution in [0.3, 0.4) is 0 Å². The average molecular weight is 481 g/mol. The first kappa shape index (κ1) is 23.3. The van der Waals surface area contributed by atoms with Crippen LogP contribution in [0, 0.1) is 0 Å². The molecule has 2 aromatic rings. The van der Waals surface area contributed by atoms with Crippen LogP contribution in [0.2, 0.25) is 0 Å². The molecule has 2 saturated heterocycles. The maximum atomic E-state index is 13.2. The van der Waals surface area contributed by atoms with E-state index in [1.54, 1.807) is 6.92 Å². The van der Waals surface area contributed by atoms with Crippen LogP contribution in [0.1, 0.15) is 30.4 Å². The summed E-state index contributed by atoms with van der Waals surface area (Å²) in [5, 5.41) is 12.4. The predicted molar refractivity (Wildman–Crippen MR) is 125 cm³/mol. The number of nitrogens with zero attached hydrogens (tertiary/aromatic N) is 1. The number of rotatable bonds is 5. The molecule has 0 spiro atoms. The monoisotopic (exact) mass is 480 g/mol. The Hall–Kier alpha value is -3.43. The molecule has 9 nitrogen and oxygen atoms in total. The predicted octanol–water partition coefficient (Wildman–Crippen LogP) is 2.38. The lowest BCUT2D eigenvalue weighted by Gasteiger charge is -2.38. The highest BCUT2D eigenvalue weighted by atomic mass is 16.6. The minimum absolute atomic E-state index is 0.0726. The highest BCUT2D eigenvalue weighted by Gasteiger charge is 2.45. The van der Waals surface area contributed by atoms with Gasteiger partial charge >= 0.3 is 12.1 Å². The summed E-state index contributed by atoms with van der Waals surface area (Å²) in [5.74, 6) is -1.67. The number of carbonyl (C=O) groups excluding carboxylic acids is 2. The number of benzene rings is 2. The lowest BCUT2D eigenvalue weighted by molar-refractivity contribution is -0.169. The van der Waals surface area contributed by atoms with Crippen LogP contribution in [-0.4, -0.2) is 78.6 Å². The third kappa shape index (κ3) is 4.37. The fourth-order valence-electron chi connectivity index (χ4n) is 5.34. The Labute approximate surface area is 203 Å². The van der Waals surface area contributed by atoms with Crippen molar-refractivity contribution < 1.29 is 33.7 Å². The molecular weight excluding hydrogens is 452 g/mol. The number of aliphatic carboxylic acids is 1. The van der Waals surface area contributed by atoms with Crippen molar-refractivity contribution in [1.82, 2.24) is 10.2 Å². The number of hydrogen-bond donors (Lipinski definition) is 2. The molecule has 2 amide bonds. The number of nitrogens with one attached hydrogen (secondary N) is 1. The van der Waals surface area contributed by atoms with Gasteiger partial charge in [0, 0.05) is 19.1 Å². The Bertz CT molecular complexity index is 1090. The molecule has 2 N–H and O–H groups in total. The van der Waals surface area contributed by atoms with Gasteiger partial charge in [-0.2, -0.15) is 0 Å². The number of ether oxygens (including phenoxy) is 3. The first-order chi connectivity index (χ1) is 17.0. The normalized spacial score (nSPS) is 25.6. The lowest BCUT2D eigenvalue weighted by atomic mass is 9.98. The van der Waals surface area contributed by atoms with Gasteiger partial charge in [0.25, 0.3) is 5.91 Å². The van der Waals surface area contributed by atoms with E-state index in [0.717, 1.165) is 22.3 Å². The van der Waals surface area contributed by atoms with E-state index in [0.29, 0.717) is 6.42 Å². The minimum Gasteiger partial charge on any atom is -0.480 e. The molecule has 2 unspecified atom stereocenters. The summed E-state index contributed by atoms with van der Waals surface area (Å²) < 4.78 is 16.6. The number of amides is 2. The second kappa shape index (κ2) is 9.67. The summed E-state index contributed by atoms with van der Waals surface area (Å²) in [5.41, 5.74) is 4.50. The van der Waals surface area contributed by atoms with E-state index in [1.165, 1.54) is 4.90 Å². The molecule has 2 fully saturated rings. The molecule has 2 aliphatic heterocycles. The smallest absolute Gasteiger partial charge is 0.407 e. The maximum absolute atomic E-state index is 13.2. The quantitative estimate of drug-likeness (QED) is 0.675. The molecular formula is C26H28N2O7. The van der Waals surface area contributed by atoms with E-state index >= 15 is 0 Å². The number of fused-ring (bicyclic) bond motifs is 3. The van der Waals surface area contributed by atoms with Crippen LogP contribution in [0.25, 0.3) is 11.1 Å². The van der Waals surface area contributed by atoms with Crippen molar-refractivity contribution in [3.63, 3.8) is 0 Å². The highest BCUT2D eigenvalue weighted by Crippen LogP contribution is 2.44. The number of hydrogen-bond acceptors (Lipinski definition) is 6. The van der Waals surface area contributed by atoms with Gasteiger partial charge in [0.05, 0.1) is 18.8 Å². The largest absolute Gasteiger partial charge is 0.480 e. The van der Waals surface area contributed by atoms with Gasteiger partial charge in [0.2, 0.25) is 0 Å². The second-order valence-corrected chi connectivity index (χ2v) is 9.05. The minimum atomic E-state index is -1.13. The Kier molecular flexibility index (Phi) is 6.44. The van der Waals surface area contributed by atoms with Crippen molar-refractivity contribution in [2.75, 3.05) is 26.4 Å². The summed E-state index contributed by atoms with van der Waals surface area (Å²) in [6, 6.07) is 14.4. The van der Waals surface area contributed by atoms with Crippen molar-refractivity contribution in [2.24, 2.45) is 0 Å². The topological polar surface area (TPSA) is 114 Å². The molecule has 0 saturated carbocycles. The van der Waals surface area contributed by atoms with Crippen LogP contribution < -0.4 is 5.32 Å². The zero-order valence-corrected chi connectivity index (χ0v) is 19.4. The maximum Gasteiger partial charge on any atom is 0.407 e. The number of carboxylic acid groups (broad SMARTS) is 1. The lowest BCUT2D eigenvalue weighted by Crippen LogP contribution is -2.60. The summed E-state index contributed by atoms with van der Waals surface area (Å²) in [6.07, 6.45) is -1.81. The van der Waals surface area contributed by atoms with Crippen molar-refractivity contribution in [1.29, 1.82) is 0 Å². The van der Waals surface area contributed by atoms with Gasteiger partial charge in [-0.25, -0.2) is 9.59 Å². The molecule has 0 aromatic heterocycles. The molecule has 1 aliphatic carbocycles. The summed E-state index contributed by atoms with van der Waals surface area (Å²) >= 11 is 0. The Morgan fingerprint density at radius 3 is 2.34 bits per heavy atom. The van der Waals surface area contributed by atoms with Gasteiger partial charge in [0.1, 0.15) is 6.61 Å². The molecule has 5 rings (SSSR count). The third-order valence-corrected chi connectivity index (χ3v) is 7.01. The van der Waals surface area contributed by atoms with Gasteiger partial charge in [0.15, 0.2) is 12.1 Å². The first-order valence-corrected chi connectivity index (χ1v) is 11.8. The summed E-state index contributed by atoms with van der Waals surface area (Å²) in [6.45, 7) is 2.46. The van der Waals surface area contributed by atoms with Crippen LogP contribution in [-0.2, 0) is 23.8 Å². The van der Waals surface area contributed by atoms with Crippen molar-refractivity contribution in [3.8, 4) is 11.1 Å². The van der Waals surface area contributed by atoms with E-state index in [1.807, 2.05) is 36.4 Å². The fraction of sp³-hybridized carbons (Fsp3) is 0.423. The van der Waals surface area contributed by atoms with Crippen LogP contribution in [0.4, 0.5) is 4.79 Å². The number of carboxylic acids is 1. The van der Waals surface area contributed by atoms with Gasteiger partial charge in [-0.3, -0.25) is 4.79 Å². The number of morpholine rings is 1. The average Bonchev–Trinajstić information content (AvgIpc) is 3.44. The van der Waals surface area contributed by atoms with E-state index in [-0.39, 0.29) is 32.3 Å². The van der Waals surface area contributed by atoms with Crippen LogP contribution in [0.15, 0.2) is 48.5 Å². The molecule has 0 radical (unpaired) electrons. The zero-order valence-electron chi connectivity index (χ0n) is 19.4. The van der Waals surface area contributed by atoms with Gasteiger partial charge in [-0.05, 0) is 35.6 Å². The van der Waals surface area contributed by atoms with E-state index in [2.05, 4.69) is 17.4 Å². The molecule has 9 heteroatoms. The van der Waals surface area contributed by atoms with Crippen molar-refractivity contribution in [3.05, 3.63) is 59.7 Å². The molecule has 2 aromatic carbocycles. The summed E-state index contributed by atoms with van der Waals surface area (Å²) in [7, 11) is 0. The summed E-state index contributed by atoms with van der Waals surface area (Å²) in [4.78, 5) is 38.9. The van der Waals surface area contributed by atoms with Crippen LogP contribution >= 0.6 is 0 Å². The third-order valence-electron chi connectivity index (χ3n) is 7.01. The Morgan fingerprint density at radius 2 is 1.69 bits per heavy atom. The van der Waals surface area contributed by atoms with Gasteiger partial charge in [-0.1, -0.05) is 48.5 Å². The Morgan fingerprint density at radius 1 is 1.03 bits per heavy atom. The highest BCUT2D eigenvalue weighted by molar-refractivity contribution is 5.88. The van der Waals surface area contributed by atoms with Crippen molar-refractivity contribution >= 4 is 18.0 Å². The van der Waals surface area contributed by atoms with Crippen LogP contribution in [0.5, 0.6) is 0 Å². The molecule has 4 atom stereocenters. The van der Waals surface area contributed by atoms with E-state index in [9.17, 15) is 19.5 Å². The van der Waals surface area contributed by atoms with Gasteiger partial charge < -0.3 is 29.5 Å². The molecule has 0 bridgehead atoms. The molecule has 2 heterocycles. The zero-order chi connectivity index (χ0) is 24.5. The second-order valence-electron chi connectivity index (χ2n) is 9.05. The van der Waals surface area contributed by atoms with E-state index < -0.39 is 42.3 Å². The molecule has 35 heavy (non-hydrogen) atoms.